The molecule has 0 N–H and O–H groups in total. The molecule has 2 aromatic heterocycles. The van der Waals surface area contributed by atoms with Gasteiger partial charge >= 0.3 is 5.63 Å². The molecule has 0 radical (unpaired) electrons. The number of fused-ring (bicyclic) bond motifs is 1. The molecule has 0 aliphatic carbocycles. The Hall–Kier alpha value is -2.65. The highest BCUT2D eigenvalue weighted by Crippen LogP contribution is 2.37. The Morgan fingerprint density at radius 1 is 0.870 bits per heavy atom. The van der Waals surface area contributed by atoms with E-state index in [0.29, 0.717) is 5.58 Å². The molecular weight excluding hydrogens is 304 g/mol. The van der Waals surface area contributed by atoms with Gasteiger partial charge in [-0.3, -0.25) is 0 Å². The molecule has 0 aliphatic rings. The van der Waals surface area contributed by atoms with Crippen molar-refractivity contribution in [1.29, 1.82) is 0 Å². The van der Waals surface area contributed by atoms with Crippen LogP contribution >= 0.6 is 11.3 Å². The van der Waals surface area contributed by atoms with Gasteiger partial charge in [-0.1, -0.05) is 48.0 Å². The van der Waals surface area contributed by atoms with Gasteiger partial charge in [0.25, 0.3) is 0 Å². The summed E-state index contributed by atoms with van der Waals surface area (Å²) < 4.78 is 5.28. The zero-order valence-corrected chi connectivity index (χ0v) is 13.4. The van der Waals surface area contributed by atoms with Crippen molar-refractivity contribution in [1.82, 2.24) is 0 Å². The number of benzene rings is 2. The number of rotatable bonds is 2. The molecule has 0 aliphatic heterocycles. The predicted octanol–water partition coefficient (Wildman–Crippen LogP) is 5.50. The lowest BCUT2D eigenvalue weighted by Crippen LogP contribution is -1.97. The van der Waals surface area contributed by atoms with Crippen LogP contribution in [0.25, 0.3) is 31.9 Å². The summed E-state index contributed by atoms with van der Waals surface area (Å²) in [6.07, 6.45) is 0. The van der Waals surface area contributed by atoms with E-state index in [0.717, 1.165) is 15.8 Å². The number of aryl methyl sites for hydroxylation is 1. The maximum atomic E-state index is 11.8. The third-order valence-corrected chi connectivity index (χ3v) is 4.99. The number of hydrogen-bond acceptors (Lipinski definition) is 3. The van der Waals surface area contributed by atoms with Gasteiger partial charge in [0.15, 0.2) is 0 Å². The zero-order valence-electron chi connectivity index (χ0n) is 12.6. The number of hydrogen-bond donors (Lipinski definition) is 0. The van der Waals surface area contributed by atoms with Crippen molar-refractivity contribution >= 4 is 22.3 Å². The molecule has 0 unspecified atom stereocenters. The molecule has 4 aromatic rings. The van der Waals surface area contributed by atoms with Crippen molar-refractivity contribution in [3.8, 4) is 20.9 Å². The normalized spacial score (nSPS) is 11.0. The lowest BCUT2D eigenvalue weighted by atomic mass is 10.1. The average Bonchev–Trinajstić information content (AvgIpc) is 3.04. The zero-order chi connectivity index (χ0) is 15.8. The molecule has 0 fully saturated rings. The monoisotopic (exact) mass is 318 g/mol. The second-order valence-corrected chi connectivity index (χ2v) is 6.59. The van der Waals surface area contributed by atoms with Crippen LogP contribution < -0.4 is 5.63 Å². The van der Waals surface area contributed by atoms with Crippen molar-refractivity contribution in [2.24, 2.45) is 0 Å². The molecule has 112 valence electrons. The first-order valence-electron chi connectivity index (χ1n) is 7.41. The Kier molecular flexibility index (Phi) is 3.36. The van der Waals surface area contributed by atoms with Gasteiger partial charge in [0, 0.05) is 26.8 Å². The summed E-state index contributed by atoms with van der Waals surface area (Å²) in [6, 6.07) is 21.9. The highest BCUT2D eigenvalue weighted by Gasteiger charge is 2.10. The molecule has 2 aromatic carbocycles. The Bertz CT molecular complexity index is 1060. The first kappa shape index (κ1) is 14.0. The highest BCUT2D eigenvalue weighted by atomic mass is 32.1. The summed E-state index contributed by atoms with van der Waals surface area (Å²) in [6.45, 7) is 2.09. The van der Waals surface area contributed by atoms with E-state index in [1.165, 1.54) is 16.0 Å². The average molecular weight is 318 g/mol. The number of para-hydroxylation sites is 1. The molecule has 0 bridgehead atoms. The van der Waals surface area contributed by atoms with Crippen LogP contribution in [0, 0.1) is 6.92 Å². The lowest BCUT2D eigenvalue weighted by molar-refractivity contribution is 0.561. The maximum absolute atomic E-state index is 11.8. The van der Waals surface area contributed by atoms with E-state index in [1.807, 2.05) is 24.3 Å². The third kappa shape index (κ3) is 2.60. The summed E-state index contributed by atoms with van der Waals surface area (Å²) in [7, 11) is 0. The molecule has 4 rings (SSSR count). The lowest BCUT2D eigenvalue weighted by Gasteiger charge is -2.03. The van der Waals surface area contributed by atoms with Crippen LogP contribution in [0.15, 0.2) is 75.9 Å². The van der Waals surface area contributed by atoms with Gasteiger partial charge in [0.05, 0.1) is 0 Å². The van der Waals surface area contributed by atoms with Crippen LogP contribution in [0.4, 0.5) is 0 Å². The van der Waals surface area contributed by atoms with Gasteiger partial charge in [0.1, 0.15) is 5.58 Å². The van der Waals surface area contributed by atoms with Crippen molar-refractivity contribution < 1.29 is 4.42 Å². The van der Waals surface area contributed by atoms with E-state index in [-0.39, 0.29) is 5.63 Å². The van der Waals surface area contributed by atoms with Gasteiger partial charge in [-0.15, -0.1) is 11.3 Å². The first-order valence-corrected chi connectivity index (χ1v) is 8.22. The van der Waals surface area contributed by atoms with Crippen LogP contribution in [0.3, 0.4) is 0 Å². The molecule has 0 spiro atoms. The summed E-state index contributed by atoms with van der Waals surface area (Å²) in [4.78, 5) is 14.1. The van der Waals surface area contributed by atoms with E-state index in [9.17, 15) is 4.79 Å². The predicted molar refractivity (Wildman–Crippen MR) is 96.0 cm³/mol. The van der Waals surface area contributed by atoms with E-state index in [4.69, 9.17) is 4.42 Å². The molecule has 0 amide bonds. The van der Waals surface area contributed by atoms with Crippen LogP contribution in [0.5, 0.6) is 0 Å². The van der Waals surface area contributed by atoms with Crippen LogP contribution in [0.2, 0.25) is 0 Å². The standard InChI is InChI=1S/C20H14O2S/c1-13-5-4-6-14(11-13)18-9-10-19(23-18)16-12-20(21)22-17-8-3-2-7-15(16)17/h2-12H,1H3. The van der Waals surface area contributed by atoms with E-state index >= 15 is 0 Å². The van der Waals surface area contributed by atoms with Crippen LogP contribution in [-0.2, 0) is 0 Å². The minimum Gasteiger partial charge on any atom is -0.423 e. The summed E-state index contributed by atoms with van der Waals surface area (Å²) >= 11 is 1.69. The summed E-state index contributed by atoms with van der Waals surface area (Å²) in [5.74, 6) is 0. The minimum absolute atomic E-state index is 0.316. The van der Waals surface area contributed by atoms with E-state index in [1.54, 1.807) is 17.4 Å². The molecule has 3 heteroatoms. The SMILES string of the molecule is Cc1cccc(-c2ccc(-c3cc(=O)oc4ccccc34)s2)c1. The first-order chi connectivity index (χ1) is 11.2. The smallest absolute Gasteiger partial charge is 0.336 e. The topological polar surface area (TPSA) is 30.2 Å². The second-order valence-electron chi connectivity index (χ2n) is 5.51. The Balaban J connectivity index is 1.88. The van der Waals surface area contributed by atoms with Crippen molar-refractivity contribution in [3.05, 3.63) is 82.7 Å². The fourth-order valence-corrected chi connectivity index (χ4v) is 3.78. The van der Waals surface area contributed by atoms with Crippen LogP contribution in [-0.4, -0.2) is 0 Å². The van der Waals surface area contributed by atoms with Crippen molar-refractivity contribution in [3.63, 3.8) is 0 Å². The molecule has 23 heavy (non-hydrogen) atoms. The minimum atomic E-state index is -0.316. The fourth-order valence-electron chi connectivity index (χ4n) is 2.75. The number of thiophene rings is 1. The second kappa shape index (κ2) is 5.52. The molecule has 0 atom stereocenters. The third-order valence-electron chi connectivity index (χ3n) is 3.82. The maximum Gasteiger partial charge on any atom is 0.336 e. The fraction of sp³-hybridized carbons (Fsp3) is 0.0500. The van der Waals surface area contributed by atoms with E-state index in [2.05, 4.69) is 43.3 Å². The van der Waals surface area contributed by atoms with Crippen molar-refractivity contribution in [2.75, 3.05) is 0 Å². The molecule has 2 nitrogen and oxygen atoms in total. The molecular formula is C20H14O2S. The summed E-state index contributed by atoms with van der Waals surface area (Å²) in [5, 5.41) is 0.963. The van der Waals surface area contributed by atoms with Gasteiger partial charge in [-0.25, -0.2) is 4.79 Å². The van der Waals surface area contributed by atoms with Crippen LogP contribution in [0.1, 0.15) is 5.56 Å². The molecule has 0 saturated carbocycles. The Morgan fingerprint density at radius 2 is 1.70 bits per heavy atom. The van der Waals surface area contributed by atoms with Gasteiger partial charge in [0.2, 0.25) is 0 Å². The quantitative estimate of drug-likeness (QED) is 0.457. The van der Waals surface area contributed by atoms with Gasteiger partial charge < -0.3 is 4.42 Å². The largest absolute Gasteiger partial charge is 0.423 e. The Morgan fingerprint density at radius 3 is 2.57 bits per heavy atom. The van der Waals surface area contributed by atoms with Gasteiger partial charge in [-0.2, -0.15) is 0 Å². The summed E-state index contributed by atoms with van der Waals surface area (Å²) in [5.41, 5.74) is 3.68. The molecule has 0 saturated heterocycles. The molecule has 2 heterocycles. The highest BCUT2D eigenvalue weighted by molar-refractivity contribution is 7.18. The Labute approximate surface area is 137 Å². The van der Waals surface area contributed by atoms with Gasteiger partial charge in [-0.05, 0) is 30.7 Å². The van der Waals surface area contributed by atoms with E-state index < -0.39 is 0 Å². The van der Waals surface area contributed by atoms with Crippen molar-refractivity contribution in [2.45, 2.75) is 6.92 Å².